The van der Waals surface area contributed by atoms with Crippen LogP contribution in [-0.4, -0.2) is 38.9 Å². The summed E-state index contributed by atoms with van der Waals surface area (Å²) in [6.07, 6.45) is 1.75. The third-order valence-corrected chi connectivity index (χ3v) is 2.50. The van der Waals surface area contributed by atoms with Gasteiger partial charge in [0, 0.05) is 25.4 Å². The summed E-state index contributed by atoms with van der Waals surface area (Å²) in [4.78, 5) is 17.7. The molecule has 2 rings (SSSR count). The van der Waals surface area contributed by atoms with Crippen LogP contribution in [0.25, 0.3) is 0 Å². The van der Waals surface area contributed by atoms with E-state index in [9.17, 15) is 4.79 Å². The number of hydrogen-bond donors (Lipinski definition) is 0. The van der Waals surface area contributed by atoms with E-state index >= 15 is 0 Å². The first-order chi connectivity index (χ1) is 7.83. The first-order valence-corrected chi connectivity index (χ1v) is 5.21. The lowest BCUT2D eigenvalue weighted by molar-refractivity contribution is -0.117. The molecule has 16 heavy (non-hydrogen) atoms. The Hall–Kier alpha value is -1.68. The Kier molecular flexibility index (Phi) is 3.31. The molecule has 0 atom stereocenters. The van der Waals surface area contributed by atoms with E-state index in [2.05, 4.69) is 4.99 Å². The summed E-state index contributed by atoms with van der Waals surface area (Å²) in [5, 5.41) is 0. The zero-order valence-corrected chi connectivity index (χ0v) is 9.22. The third kappa shape index (κ3) is 2.12. The molecule has 1 heterocycles. The zero-order valence-electron chi connectivity index (χ0n) is 9.22. The number of benzodiazepines with no additional fused rings is 1. The van der Waals surface area contributed by atoms with Gasteiger partial charge in [0.2, 0.25) is 5.91 Å². The number of anilines is 1. The van der Waals surface area contributed by atoms with Crippen molar-refractivity contribution in [3.8, 4) is 0 Å². The van der Waals surface area contributed by atoms with Crippen molar-refractivity contribution in [1.82, 2.24) is 0 Å². The largest absolute Gasteiger partial charge is 0.383 e. The Morgan fingerprint density at radius 2 is 2.25 bits per heavy atom. The van der Waals surface area contributed by atoms with Crippen LogP contribution in [0, 0.1) is 0 Å². The van der Waals surface area contributed by atoms with Crippen LogP contribution in [0.4, 0.5) is 5.69 Å². The van der Waals surface area contributed by atoms with Crippen molar-refractivity contribution < 1.29 is 9.53 Å². The van der Waals surface area contributed by atoms with Gasteiger partial charge in [-0.2, -0.15) is 0 Å². The predicted molar refractivity (Wildman–Crippen MR) is 63.1 cm³/mol. The number of methoxy groups -OCH3 is 1. The van der Waals surface area contributed by atoms with Crippen LogP contribution in [0.3, 0.4) is 0 Å². The van der Waals surface area contributed by atoms with Gasteiger partial charge in [-0.3, -0.25) is 9.79 Å². The van der Waals surface area contributed by atoms with Crippen molar-refractivity contribution in [3.05, 3.63) is 29.8 Å². The van der Waals surface area contributed by atoms with Gasteiger partial charge in [0.25, 0.3) is 0 Å². The van der Waals surface area contributed by atoms with E-state index in [-0.39, 0.29) is 12.5 Å². The maximum Gasteiger partial charge on any atom is 0.248 e. The number of nitrogens with zero attached hydrogens (tertiary/aromatic N) is 2. The number of hydrogen-bond acceptors (Lipinski definition) is 3. The molecule has 84 valence electrons. The quantitative estimate of drug-likeness (QED) is 0.762. The molecule has 1 amide bonds. The number of para-hydroxylation sites is 1. The minimum Gasteiger partial charge on any atom is -0.383 e. The van der Waals surface area contributed by atoms with E-state index < -0.39 is 0 Å². The number of rotatable bonds is 3. The van der Waals surface area contributed by atoms with Crippen LogP contribution < -0.4 is 4.90 Å². The van der Waals surface area contributed by atoms with Crippen molar-refractivity contribution in [1.29, 1.82) is 0 Å². The van der Waals surface area contributed by atoms with Crippen molar-refractivity contribution in [2.24, 2.45) is 4.99 Å². The van der Waals surface area contributed by atoms with Gasteiger partial charge < -0.3 is 9.64 Å². The topological polar surface area (TPSA) is 41.9 Å². The molecular weight excluding hydrogens is 204 g/mol. The first kappa shape index (κ1) is 10.8. The number of aliphatic imine (C=N–C) groups is 1. The maximum atomic E-state index is 11.8. The second-order valence-corrected chi connectivity index (χ2v) is 3.57. The van der Waals surface area contributed by atoms with E-state index in [1.54, 1.807) is 18.2 Å². The van der Waals surface area contributed by atoms with Crippen molar-refractivity contribution in [2.45, 2.75) is 0 Å². The van der Waals surface area contributed by atoms with Crippen LogP contribution in [0.2, 0.25) is 0 Å². The van der Waals surface area contributed by atoms with Crippen LogP contribution in [0.15, 0.2) is 29.3 Å². The van der Waals surface area contributed by atoms with E-state index in [1.807, 2.05) is 24.3 Å². The first-order valence-electron chi connectivity index (χ1n) is 5.21. The highest BCUT2D eigenvalue weighted by atomic mass is 16.5. The van der Waals surface area contributed by atoms with Crippen molar-refractivity contribution in [2.75, 3.05) is 31.7 Å². The Morgan fingerprint density at radius 1 is 1.44 bits per heavy atom. The Morgan fingerprint density at radius 3 is 3.06 bits per heavy atom. The molecule has 0 aliphatic carbocycles. The lowest BCUT2D eigenvalue weighted by Gasteiger charge is -2.21. The smallest absolute Gasteiger partial charge is 0.248 e. The minimum atomic E-state index is 0.0123. The number of carbonyl (C=O) groups excluding carboxylic acids is 1. The summed E-state index contributed by atoms with van der Waals surface area (Å²) in [5.74, 6) is 0.0123. The number of benzene rings is 1. The second kappa shape index (κ2) is 4.90. The SMILES string of the molecule is COCCN1C(=O)CN=Cc2ccccc21. The molecule has 0 unspecified atom stereocenters. The molecule has 0 spiro atoms. The summed E-state index contributed by atoms with van der Waals surface area (Å²) < 4.78 is 5.01. The third-order valence-electron chi connectivity index (χ3n) is 2.50. The van der Waals surface area contributed by atoms with Crippen LogP contribution in [0.1, 0.15) is 5.56 Å². The monoisotopic (exact) mass is 218 g/mol. The van der Waals surface area contributed by atoms with Gasteiger partial charge in [-0.15, -0.1) is 0 Å². The zero-order chi connectivity index (χ0) is 11.4. The molecule has 0 aromatic heterocycles. The highest BCUT2D eigenvalue weighted by molar-refractivity contribution is 6.03. The minimum absolute atomic E-state index is 0.0123. The van der Waals surface area contributed by atoms with Gasteiger partial charge >= 0.3 is 0 Å². The fourth-order valence-electron chi connectivity index (χ4n) is 1.71. The van der Waals surface area contributed by atoms with Gasteiger partial charge in [0.05, 0.1) is 12.3 Å². The van der Waals surface area contributed by atoms with Gasteiger partial charge in [0.15, 0.2) is 0 Å². The molecule has 0 N–H and O–H groups in total. The van der Waals surface area contributed by atoms with Gasteiger partial charge in [-0.1, -0.05) is 18.2 Å². The number of carbonyl (C=O) groups is 1. The van der Waals surface area contributed by atoms with Crippen LogP contribution in [-0.2, 0) is 9.53 Å². The standard InChI is InChI=1S/C12H14N2O2/c1-16-7-6-14-11-5-3-2-4-10(11)8-13-9-12(14)15/h2-5,8H,6-7,9H2,1H3. The Bertz CT molecular complexity index is 415. The molecule has 1 aliphatic rings. The summed E-state index contributed by atoms with van der Waals surface area (Å²) in [5.41, 5.74) is 1.88. The molecule has 0 saturated heterocycles. The Balaban J connectivity index is 2.33. The fourth-order valence-corrected chi connectivity index (χ4v) is 1.71. The van der Waals surface area contributed by atoms with Crippen LogP contribution in [0.5, 0.6) is 0 Å². The molecule has 0 radical (unpaired) electrons. The maximum absolute atomic E-state index is 11.8. The van der Waals surface area contributed by atoms with Gasteiger partial charge in [0.1, 0.15) is 6.54 Å². The number of fused-ring (bicyclic) bond motifs is 1. The summed E-state index contributed by atoms with van der Waals surface area (Å²) >= 11 is 0. The van der Waals surface area contributed by atoms with E-state index in [1.165, 1.54) is 0 Å². The second-order valence-electron chi connectivity index (χ2n) is 3.57. The highest BCUT2D eigenvalue weighted by Gasteiger charge is 2.19. The van der Waals surface area contributed by atoms with E-state index in [0.717, 1.165) is 11.3 Å². The molecule has 4 heteroatoms. The summed E-state index contributed by atoms with van der Waals surface area (Å²) in [6.45, 7) is 1.30. The summed E-state index contributed by atoms with van der Waals surface area (Å²) in [7, 11) is 1.63. The average Bonchev–Trinajstić information content (AvgIpc) is 2.46. The predicted octanol–water partition coefficient (Wildman–Crippen LogP) is 1.10. The van der Waals surface area contributed by atoms with E-state index in [0.29, 0.717) is 13.2 Å². The average molecular weight is 218 g/mol. The Labute approximate surface area is 94.5 Å². The van der Waals surface area contributed by atoms with E-state index in [4.69, 9.17) is 4.74 Å². The molecule has 1 aromatic rings. The lowest BCUT2D eigenvalue weighted by Crippen LogP contribution is -2.35. The number of amides is 1. The highest BCUT2D eigenvalue weighted by Crippen LogP contribution is 2.20. The molecule has 4 nitrogen and oxygen atoms in total. The van der Waals surface area contributed by atoms with Crippen molar-refractivity contribution >= 4 is 17.8 Å². The molecule has 0 bridgehead atoms. The molecule has 0 fully saturated rings. The number of ether oxygens (including phenoxy) is 1. The lowest BCUT2D eigenvalue weighted by atomic mass is 10.2. The summed E-state index contributed by atoms with van der Waals surface area (Å²) in [6, 6.07) is 7.75. The normalized spacial score (nSPS) is 14.8. The fraction of sp³-hybridized carbons (Fsp3) is 0.333. The van der Waals surface area contributed by atoms with Gasteiger partial charge in [-0.25, -0.2) is 0 Å². The van der Waals surface area contributed by atoms with Crippen molar-refractivity contribution in [3.63, 3.8) is 0 Å². The molecule has 1 aliphatic heterocycles. The molecule has 1 aromatic carbocycles. The van der Waals surface area contributed by atoms with Gasteiger partial charge in [-0.05, 0) is 6.07 Å². The van der Waals surface area contributed by atoms with Crippen LogP contribution >= 0.6 is 0 Å². The molecule has 0 saturated carbocycles. The molecular formula is C12H14N2O2.